The summed E-state index contributed by atoms with van der Waals surface area (Å²) in [5.41, 5.74) is 0. The molecular weight excluding hydrogens is 250 g/mol. The van der Waals surface area contributed by atoms with Crippen LogP contribution in [0.5, 0.6) is 0 Å². The van der Waals surface area contributed by atoms with Gasteiger partial charge in [-0.3, -0.25) is 4.90 Å². The number of rotatable bonds is 11. The Kier molecular flexibility index (Phi) is 19.7. The summed E-state index contributed by atoms with van der Waals surface area (Å²) in [5, 5.41) is 25.5. The van der Waals surface area contributed by atoms with Crippen LogP contribution >= 0.6 is 0 Å². The standard InChI is InChI=1S/C7H16O2.C6H15NO3/c1-4-8-6-7(3)9-5-2;8-4-1-7(2-5-9)3-6-10/h7H,4-6H2,1-3H3;8-10H,1-6H2. The van der Waals surface area contributed by atoms with Gasteiger partial charge in [0.25, 0.3) is 0 Å². The van der Waals surface area contributed by atoms with Crippen molar-refractivity contribution in [2.24, 2.45) is 0 Å². The summed E-state index contributed by atoms with van der Waals surface area (Å²) in [6.07, 6.45) is 0.245. The van der Waals surface area contributed by atoms with Gasteiger partial charge in [-0.15, -0.1) is 0 Å². The molecule has 0 radical (unpaired) electrons. The van der Waals surface area contributed by atoms with Gasteiger partial charge in [0, 0.05) is 32.8 Å². The van der Waals surface area contributed by atoms with Gasteiger partial charge < -0.3 is 24.8 Å². The van der Waals surface area contributed by atoms with E-state index in [-0.39, 0.29) is 25.9 Å². The largest absolute Gasteiger partial charge is 0.395 e. The molecule has 6 nitrogen and oxygen atoms in total. The summed E-state index contributed by atoms with van der Waals surface area (Å²) in [6, 6.07) is 0. The highest BCUT2D eigenvalue weighted by Crippen LogP contribution is 1.90. The molecule has 0 aliphatic heterocycles. The van der Waals surface area contributed by atoms with Crippen molar-refractivity contribution in [3.05, 3.63) is 0 Å². The number of ether oxygens (including phenoxy) is 2. The van der Waals surface area contributed by atoms with E-state index in [1.54, 1.807) is 4.90 Å². The zero-order valence-corrected chi connectivity index (χ0v) is 12.5. The molecule has 0 aromatic carbocycles. The molecule has 19 heavy (non-hydrogen) atoms. The minimum atomic E-state index is 0.0694. The van der Waals surface area contributed by atoms with Gasteiger partial charge in [-0.25, -0.2) is 0 Å². The fraction of sp³-hybridized carbons (Fsp3) is 1.00. The first kappa shape index (κ1) is 21.1. The van der Waals surface area contributed by atoms with E-state index < -0.39 is 0 Å². The Hall–Kier alpha value is -0.240. The molecule has 0 aromatic heterocycles. The van der Waals surface area contributed by atoms with Gasteiger partial charge in [0.1, 0.15) is 0 Å². The lowest BCUT2D eigenvalue weighted by atomic mass is 10.4. The molecule has 0 rings (SSSR count). The molecule has 0 spiro atoms. The third-order valence-corrected chi connectivity index (χ3v) is 2.26. The molecule has 0 amide bonds. The highest BCUT2D eigenvalue weighted by atomic mass is 16.5. The Morgan fingerprint density at radius 1 is 0.895 bits per heavy atom. The summed E-state index contributed by atoms with van der Waals surface area (Å²) < 4.78 is 10.3. The lowest BCUT2D eigenvalue weighted by Crippen LogP contribution is -2.32. The molecule has 0 aromatic rings. The highest BCUT2D eigenvalue weighted by molar-refractivity contribution is 4.54. The molecule has 0 saturated carbocycles. The van der Waals surface area contributed by atoms with Crippen LogP contribution in [-0.4, -0.2) is 85.6 Å². The van der Waals surface area contributed by atoms with E-state index in [4.69, 9.17) is 24.8 Å². The van der Waals surface area contributed by atoms with Crippen molar-refractivity contribution in [3.63, 3.8) is 0 Å². The van der Waals surface area contributed by atoms with Crippen LogP contribution in [0, 0.1) is 0 Å². The SMILES string of the molecule is CCOCC(C)OCC.OCCN(CCO)CCO. The molecule has 0 aliphatic rings. The average Bonchev–Trinajstić information content (AvgIpc) is 2.38. The molecule has 0 aliphatic carbocycles. The van der Waals surface area contributed by atoms with Gasteiger partial charge in [0.15, 0.2) is 0 Å². The maximum absolute atomic E-state index is 8.48. The zero-order chi connectivity index (χ0) is 14.9. The van der Waals surface area contributed by atoms with Gasteiger partial charge in [0.2, 0.25) is 0 Å². The number of nitrogens with zero attached hydrogens (tertiary/aromatic N) is 1. The van der Waals surface area contributed by atoms with Crippen molar-refractivity contribution in [1.82, 2.24) is 4.90 Å². The van der Waals surface area contributed by atoms with Crippen molar-refractivity contribution in [2.75, 3.05) is 59.3 Å². The molecule has 0 fully saturated rings. The fourth-order valence-corrected chi connectivity index (χ4v) is 1.38. The Morgan fingerprint density at radius 3 is 1.68 bits per heavy atom. The van der Waals surface area contributed by atoms with Crippen LogP contribution in [0.2, 0.25) is 0 Å². The van der Waals surface area contributed by atoms with E-state index in [9.17, 15) is 0 Å². The quantitative estimate of drug-likeness (QED) is 0.483. The topological polar surface area (TPSA) is 82.4 Å². The van der Waals surface area contributed by atoms with E-state index in [1.807, 2.05) is 20.8 Å². The highest BCUT2D eigenvalue weighted by Gasteiger charge is 2.00. The Bertz CT molecular complexity index is 146. The molecule has 1 atom stereocenters. The van der Waals surface area contributed by atoms with E-state index in [1.165, 1.54) is 0 Å². The monoisotopic (exact) mass is 281 g/mol. The minimum absolute atomic E-state index is 0.0694. The van der Waals surface area contributed by atoms with Crippen LogP contribution in [0.15, 0.2) is 0 Å². The van der Waals surface area contributed by atoms with Gasteiger partial charge in [-0.1, -0.05) is 0 Å². The summed E-state index contributed by atoms with van der Waals surface area (Å²) >= 11 is 0. The number of aliphatic hydroxyl groups is 3. The van der Waals surface area contributed by atoms with Crippen molar-refractivity contribution in [3.8, 4) is 0 Å². The van der Waals surface area contributed by atoms with Crippen molar-refractivity contribution in [2.45, 2.75) is 26.9 Å². The second kappa shape index (κ2) is 17.8. The molecule has 0 heterocycles. The number of hydrogen-bond acceptors (Lipinski definition) is 6. The first-order valence-electron chi connectivity index (χ1n) is 6.90. The third kappa shape index (κ3) is 17.8. The normalized spacial score (nSPS) is 12.2. The predicted octanol–water partition coefficient (Wildman–Crippen LogP) is -0.287. The molecular formula is C13H31NO5. The third-order valence-electron chi connectivity index (χ3n) is 2.26. The van der Waals surface area contributed by atoms with Crippen LogP contribution in [0.3, 0.4) is 0 Å². The molecule has 1 unspecified atom stereocenters. The maximum Gasteiger partial charge on any atom is 0.0780 e. The first-order valence-corrected chi connectivity index (χ1v) is 6.90. The number of hydrogen-bond donors (Lipinski definition) is 3. The van der Waals surface area contributed by atoms with Crippen LogP contribution in [-0.2, 0) is 9.47 Å². The summed E-state index contributed by atoms with van der Waals surface area (Å²) in [4.78, 5) is 1.79. The Balaban J connectivity index is 0. The second-order valence-electron chi connectivity index (χ2n) is 3.94. The summed E-state index contributed by atoms with van der Waals surface area (Å²) in [5.74, 6) is 0. The van der Waals surface area contributed by atoms with Crippen LogP contribution in [0.25, 0.3) is 0 Å². The van der Waals surface area contributed by atoms with E-state index >= 15 is 0 Å². The lowest BCUT2D eigenvalue weighted by molar-refractivity contribution is 0.00215. The van der Waals surface area contributed by atoms with Crippen molar-refractivity contribution in [1.29, 1.82) is 0 Å². The molecule has 118 valence electrons. The second-order valence-corrected chi connectivity index (χ2v) is 3.94. The molecule has 0 saturated heterocycles. The maximum atomic E-state index is 8.48. The lowest BCUT2D eigenvalue weighted by Gasteiger charge is -2.17. The zero-order valence-electron chi connectivity index (χ0n) is 12.5. The van der Waals surface area contributed by atoms with Crippen molar-refractivity contribution < 1.29 is 24.8 Å². The van der Waals surface area contributed by atoms with Gasteiger partial charge in [-0.2, -0.15) is 0 Å². The van der Waals surface area contributed by atoms with E-state index in [0.717, 1.165) is 13.2 Å². The minimum Gasteiger partial charge on any atom is -0.395 e. The molecule has 6 heteroatoms. The van der Waals surface area contributed by atoms with E-state index in [0.29, 0.717) is 26.2 Å². The van der Waals surface area contributed by atoms with Crippen LogP contribution < -0.4 is 0 Å². The Labute approximate surface area is 116 Å². The first-order chi connectivity index (χ1) is 9.15. The molecule has 0 bridgehead atoms. The fourth-order valence-electron chi connectivity index (χ4n) is 1.38. The average molecular weight is 281 g/mol. The van der Waals surface area contributed by atoms with E-state index in [2.05, 4.69) is 0 Å². The van der Waals surface area contributed by atoms with Gasteiger partial charge in [0.05, 0.1) is 32.5 Å². The van der Waals surface area contributed by atoms with Crippen LogP contribution in [0.4, 0.5) is 0 Å². The summed E-state index contributed by atoms with van der Waals surface area (Å²) in [6.45, 7) is 10.00. The smallest absolute Gasteiger partial charge is 0.0780 e. The van der Waals surface area contributed by atoms with Crippen LogP contribution in [0.1, 0.15) is 20.8 Å². The van der Waals surface area contributed by atoms with Crippen molar-refractivity contribution >= 4 is 0 Å². The number of aliphatic hydroxyl groups excluding tert-OH is 3. The van der Waals surface area contributed by atoms with Gasteiger partial charge in [-0.05, 0) is 20.8 Å². The summed E-state index contributed by atoms with van der Waals surface area (Å²) in [7, 11) is 0. The Morgan fingerprint density at radius 2 is 1.37 bits per heavy atom. The molecule has 3 N–H and O–H groups in total. The predicted molar refractivity (Wildman–Crippen MR) is 75.3 cm³/mol. The van der Waals surface area contributed by atoms with Gasteiger partial charge >= 0.3 is 0 Å².